The molecule has 1 fully saturated rings. The fourth-order valence-corrected chi connectivity index (χ4v) is 5.14. The van der Waals surface area contributed by atoms with Crippen LogP contribution < -0.4 is 14.8 Å². The summed E-state index contributed by atoms with van der Waals surface area (Å²) in [4.78, 5) is 22.8. The van der Waals surface area contributed by atoms with Crippen LogP contribution >= 0.6 is 23.4 Å². The maximum absolute atomic E-state index is 12.8. The lowest BCUT2D eigenvalue weighted by molar-refractivity contribution is -0.113. The zero-order valence-corrected chi connectivity index (χ0v) is 19.8. The number of rotatable bonds is 6. The summed E-state index contributed by atoms with van der Waals surface area (Å²) in [6.07, 6.45) is 5.41. The molecule has 1 aliphatic heterocycles. The Labute approximate surface area is 197 Å². The summed E-state index contributed by atoms with van der Waals surface area (Å²) in [5.41, 5.74) is 2.05. The summed E-state index contributed by atoms with van der Waals surface area (Å²) in [7, 11) is 3.06. The van der Waals surface area contributed by atoms with Crippen molar-refractivity contribution in [2.75, 3.05) is 25.3 Å². The van der Waals surface area contributed by atoms with Crippen LogP contribution in [0.2, 0.25) is 5.02 Å². The van der Waals surface area contributed by atoms with Crippen LogP contribution in [0.25, 0.3) is 0 Å². The molecule has 2 aromatic carbocycles. The number of benzene rings is 2. The first-order valence-electron chi connectivity index (χ1n) is 10.6. The number of amides is 1. The number of aliphatic imine (C=N–C) groups is 2. The molecule has 2 aromatic rings. The number of carbonyl (C=O) groups excluding carboxylic acids is 1. The van der Waals surface area contributed by atoms with E-state index in [1.807, 2.05) is 30.3 Å². The van der Waals surface area contributed by atoms with Gasteiger partial charge in [-0.1, -0.05) is 60.1 Å². The average molecular weight is 472 g/mol. The highest BCUT2D eigenvalue weighted by molar-refractivity contribution is 8.16. The van der Waals surface area contributed by atoms with Gasteiger partial charge in [0.1, 0.15) is 16.5 Å². The number of nitrogens with one attached hydrogen (secondary N) is 1. The number of thioether (sulfide) groups is 1. The third-order valence-corrected chi connectivity index (χ3v) is 6.88. The summed E-state index contributed by atoms with van der Waals surface area (Å²) in [5.74, 6) is 0.996. The Bertz CT molecular complexity index is 1050. The van der Waals surface area contributed by atoms with E-state index in [9.17, 15) is 4.79 Å². The molecule has 0 radical (unpaired) electrons. The number of methoxy groups -OCH3 is 2. The van der Waals surface area contributed by atoms with Gasteiger partial charge in [0.05, 0.1) is 36.4 Å². The molecule has 1 saturated carbocycles. The zero-order valence-electron chi connectivity index (χ0n) is 18.2. The molecule has 1 spiro atoms. The van der Waals surface area contributed by atoms with Crippen LogP contribution in [0.4, 0.5) is 5.69 Å². The minimum Gasteiger partial charge on any atom is -0.495 e. The first-order chi connectivity index (χ1) is 15.5. The van der Waals surface area contributed by atoms with Gasteiger partial charge in [0, 0.05) is 11.6 Å². The lowest BCUT2D eigenvalue weighted by atomic mass is 9.90. The number of carbonyl (C=O) groups is 1. The summed E-state index contributed by atoms with van der Waals surface area (Å²) in [6, 6.07) is 13.3. The third kappa shape index (κ3) is 4.94. The lowest BCUT2D eigenvalue weighted by Crippen LogP contribution is -2.25. The van der Waals surface area contributed by atoms with Crippen LogP contribution in [-0.2, 0) is 4.79 Å². The smallest absolute Gasteiger partial charge is 0.234 e. The van der Waals surface area contributed by atoms with E-state index in [1.165, 1.54) is 32.4 Å². The first kappa shape index (κ1) is 22.7. The van der Waals surface area contributed by atoms with Crippen LogP contribution in [0.3, 0.4) is 0 Å². The van der Waals surface area contributed by atoms with Crippen molar-refractivity contribution in [2.45, 2.75) is 37.8 Å². The molecular formula is C24H26ClN3O3S. The van der Waals surface area contributed by atoms with Gasteiger partial charge >= 0.3 is 0 Å². The van der Waals surface area contributed by atoms with Crippen molar-refractivity contribution < 1.29 is 14.3 Å². The molecule has 32 heavy (non-hydrogen) atoms. The van der Waals surface area contributed by atoms with Gasteiger partial charge in [0.15, 0.2) is 5.66 Å². The van der Waals surface area contributed by atoms with E-state index in [0.29, 0.717) is 22.2 Å². The summed E-state index contributed by atoms with van der Waals surface area (Å²) < 4.78 is 10.6. The molecule has 1 aliphatic carbocycles. The third-order valence-electron chi connectivity index (χ3n) is 5.62. The highest BCUT2D eigenvalue weighted by atomic mass is 35.5. The van der Waals surface area contributed by atoms with Gasteiger partial charge in [-0.2, -0.15) is 0 Å². The predicted octanol–water partition coefficient (Wildman–Crippen LogP) is 5.59. The van der Waals surface area contributed by atoms with Crippen molar-refractivity contribution in [1.82, 2.24) is 0 Å². The molecule has 4 rings (SSSR count). The van der Waals surface area contributed by atoms with Crippen LogP contribution in [0.15, 0.2) is 52.4 Å². The fourth-order valence-electron chi connectivity index (χ4n) is 4.03. The second kappa shape index (κ2) is 9.96. The van der Waals surface area contributed by atoms with Gasteiger partial charge in [-0.05, 0) is 31.7 Å². The second-order valence-corrected chi connectivity index (χ2v) is 9.18. The Hall–Kier alpha value is -2.51. The molecule has 0 unspecified atom stereocenters. The van der Waals surface area contributed by atoms with Gasteiger partial charge < -0.3 is 14.8 Å². The van der Waals surface area contributed by atoms with E-state index in [0.717, 1.165) is 42.0 Å². The normalized spacial score (nSPS) is 17.0. The second-order valence-electron chi connectivity index (χ2n) is 7.81. The highest BCUT2D eigenvalue weighted by Gasteiger charge is 2.37. The molecule has 0 saturated heterocycles. The summed E-state index contributed by atoms with van der Waals surface area (Å²) in [5, 5.41) is 4.11. The van der Waals surface area contributed by atoms with E-state index in [-0.39, 0.29) is 17.3 Å². The van der Waals surface area contributed by atoms with Gasteiger partial charge in [0.25, 0.3) is 0 Å². The zero-order chi connectivity index (χ0) is 22.6. The Kier molecular flexibility index (Phi) is 7.06. The highest BCUT2D eigenvalue weighted by Crippen LogP contribution is 2.39. The molecule has 1 amide bonds. The maximum atomic E-state index is 12.8. The van der Waals surface area contributed by atoms with E-state index < -0.39 is 0 Å². The number of anilines is 1. The van der Waals surface area contributed by atoms with Crippen molar-refractivity contribution in [3.8, 4) is 11.5 Å². The largest absolute Gasteiger partial charge is 0.495 e. The minimum atomic E-state index is -0.366. The quantitative estimate of drug-likeness (QED) is 0.596. The SMILES string of the molecule is COc1cc(OC)c(NC(=O)CSC2=NC3(CCCCC3)N=C2c2ccccc2)cc1Cl. The lowest BCUT2D eigenvalue weighted by Gasteiger charge is -2.27. The molecule has 0 aromatic heterocycles. The molecule has 8 heteroatoms. The van der Waals surface area contributed by atoms with Crippen LogP contribution in [0.1, 0.15) is 37.7 Å². The molecule has 1 heterocycles. The van der Waals surface area contributed by atoms with Gasteiger partial charge in [-0.15, -0.1) is 0 Å². The summed E-state index contributed by atoms with van der Waals surface area (Å²) >= 11 is 7.64. The van der Waals surface area contributed by atoms with Crippen LogP contribution in [0.5, 0.6) is 11.5 Å². The summed E-state index contributed by atoms with van der Waals surface area (Å²) in [6.45, 7) is 0. The van der Waals surface area contributed by atoms with Crippen molar-refractivity contribution in [1.29, 1.82) is 0 Å². The van der Waals surface area contributed by atoms with Gasteiger partial charge in [0.2, 0.25) is 5.91 Å². The topological polar surface area (TPSA) is 72.3 Å². The standard InChI is InChI=1S/C24H26ClN3O3S/c1-30-19-14-20(31-2)18(13-17(19)25)26-21(29)15-32-23-22(16-9-5-3-6-10-16)27-24(28-23)11-7-4-8-12-24/h3,5-6,9-10,13-14H,4,7-8,11-12,15H2,1-2H3,(H,26,29). The van der Waals surface area contributed by atoms with Crippen LogP contribution in [-0.4, -0.2) is 42.3 Å². The van der Waals surface area contributed by atoms with Crippen molar-refractivity contribution >= 4 is 45.7 Å². The molecule has 6 nitrogen and oxygen atoms in total. The van der Waals surface area contributed by atoms with E-state index in [1.54, 1.807) is 12.1 Å². The Balaban J connectivity index is 1.49. The van der Waals surface area contributed by atoms with E-state index in [4.69, 9.17) is 31.1 Å². The van der Waals surface area contributed by atoms with Crippen molar-refractivity contribution in [2.24, 2.45) is 9.98 Å². The van der Waals surface area contributed by atoms with E-state index in [2.05, 4.69) is 5.32 Å². The van der Waals surface area contributed by atoms with E-state index >= 15 is 0 Å². The number of nitrogens with zero attached hydrogens (tertiary/aromatic N) is 2. The van der Waals surface area contributed by atoms with Crippen molar-refractivity contribution in [3.05, 3.63) is 53.1 Å². The minimum absolute atomic E-state index is 0.172. The number of halogens is 1. The van der Waals surface area contributed by atoms with Crippen molar-refractivity contribution in [3.63, 3.8) is 0 Å². The predicted molar refractivity (Wildman–Crippen MR) is 132 cm³/mol. The maximum Gasteiger partial charge on any atom is 0.234 e. The number of hydrogen-bond donors (Lipinski definition) is 1. The monoisotopic (exact) mass is 471 g/mol. The molecular weight excluding hydrogens is 446 g/mol. The molecule has 0 bridgehead atoms. The first-order valence-corrected chi connectivity index (χ1v) is 12.0. The van der Waals surface area contributed by atoms with Gasteiger partial charge in [-0.3, -0.25) is 9.79 Å². The number of ether oxygens (including phenoxy) is 2. The average Bonchev–Trinajstić information content (AvgIpc) is 3.16. The van der Waals surface area contributed by atoms with Gasteiger partial charge in [-0.25, -0.2) is 4.99 Å². The Morgan fingerprint density at radius 2 is 1.78 bits per heavy atom. The van der Waals surface area contributed by atoms with Crippen LogP contribution in [0, 0.1) is 0 Å². The molecule has 168 valence electrons. The number of hydrogen-bond acceptors (Lipinski definition) is 6. The Morgan fingerprint density at radius 3 is 2.47 bits per heavy atom. The molecule has 1 N–H and O–H groups in total. The molecule has 0 atom stereocenters. The Morgan fingerprint density at radius 1 is 1.06 bits per heavy atom. The fraction of sp³-hybridized carbons (Fsp3) is 0.375. The molecule has 2 aliphatic rings.